The van der Waals surface area contributed by atoms with Gasteiger partial charge in [-0.05, 0) is 48.0 Å². The van der Waals surface area contributed by atoms with Crippen LogP contribution in [0.3, 0.4) is 0 Å². The van der Waals surface area contributed by atoms with Gasteiger partial charge in [-0.3, -0.25) is 0 Å². The molecule has 0 fully saturated rings. The molecule has 0 unspecified atom stereocenters. The van der Waals surface area contributed by atoms with E-state index in [1.54, 1.807) is 12.1 Å². The molecule has 2 aromatic heterocycles. The van der Waals surface area contributed by atoms with Crippen molar-refractivity contribution in [1.29, 1.82) is 0 Å². The zero-order valence-corrected chi connectivity index (χ0v) is 19.9. The predicted octanol–water partition coefficient (Wildman–Crippen LogP) is 3.62. The summed E-state index contributed by atoms with van der Waals surface area (Å²) in [5, 5.41) is 17.6. The third-order valence-electron chi connectivity index (χ3n) is 5.00. The molecule has 0 saturated heterocycles. The lowest BCUT2D eigenvalue weighted by molar-refractivity contribution is -0.137. The SMILES string of the molecule is NCCNS(=O)(=O)c1ccc(-c2cc(C(=O)O)cc(-n3cc(-c4ccc(C(F)(F)F)cc4)nn3)c2)s1. The lowest BCUT2D eigenvalue weighted by atomic mass is 10.1. The first-order chi connectivity index (χ1) is 17.0. The van der Waals surface area contributed by atoms with Gasteiger partial charge in [0, 0.05) is 23.5 Å². The number of aromatic carboxylic acids is 1. The highest BCUT2D eigenvalue weighted by molar-refractivity contribution is 7.91. The van der Waals surface area contributed by atoms with Crippen LogP contribution in [0.4, 0.5) is 13.2 Å². The van der Waals surface area contributed by atoms with Crippen LogP contribution in [0.1, 0.15) is 15.9 Å². The molecule has 0 atom stereocenters. The topological polar surface area (TPSA) is 140 Å². The van der Waals surface area contributed by atoms with Crippen molar-refractivity contribution in [2.45, 2.75) is 10.4 Å². The Labute approximate surface area is 207 Å². The van der Waals surface area contributed by atoms with E-state index in [2.05, 4.69) is 15.0 Å². The van der Waals surface area contributed by atoms with E-state index in [0.717, 1.165) is 23.5 Å². The monoisotopic (exact) mass is 537 g/mol. The van der Waals surface area contributed by atoms with Crippen LogP contribution in [0.5, 0.6) is 0 Å². The number of carbonyl (C=O) groups is 1. The maximum absolute atomic E-state index is 12.8. The first kappa shape index (κ1) is 25.5. The number of nitrogens with one attached hydrogen (secondary N) is 1. The summed E-state index contributed by atoms with van der Waals surface area (Å²) in [4.78, 5) is 12.2. The molecule has 4 N–H and O–H groups in total. The molecule has 0 spiro atoms. The van der Waals surface area contributed by atoms with Crippen LogP contribution >= 0.6 is 11.3 Å². The van der Waals surface area contributed by atoms with Crippen LogP contribution in [0.2, 0.25) is 0 Å². The highest BCUT2D eigenvalue weighted by Crippen LogP contribution is 2.33. The van der Waals surface area contributed by atoms with E-state index in [1.807, 2.05) is 0 Å². The fraction of sp³-hybridized carbons (Fsp3) is 0.136. The average Bonchev–Trinajstić information content (AvgIpc) is 3.53. The van der Waals surface area contributed by atoms with E-state index in [0.29, 0.717) is 21.7 Å². The van der Waals surface area contributed by atoms with Crippen LogP contribution in [-0.4, -0.2) is 47.6 Å². The van der Waals surface area contributed by atoms with Crippen LogP contribution in [0, 0.1) is 0 Å². The molecule has 188 valence electrons. The van der Waals surface area contributed by atoms with Crippen molar-refractivity contribution in [3.05, 3.63) is 71.9 Å². The Morgan fingerprint density at radius 2 is 1.81 bits per heavy atom. The van der Waals surface area contributed by atoms with Crippen molar-refractivity contribution in [2.75, 3.05) is 13.1 Å². The zero-order chi connectivity index (χ0) is 26.1. The molecule has 4 rings (SSSR count). The number of rotatable bonds is 8. The molecule has 36 heavy (non-hydrogen) atoms. The fourth-order valence-corrected chi connectivity index (χ4v) is 5.63. The molecular formula is C22H18F3N5O4S2. The summed E-state index contributed by atoms with van der Waals surface area (Å²) < 4.78 is 66.9. The van der Waals surface area contributed by atoms with E-state index >= 15 is 0 Å². The summed E-state index contributed by atoms with van der Waals surface area (Å²) in [6.45, 7) is 0.204. The second kappa shape index (κ2) is 9.81. The van der Waals surface area contributed by atoms with E-state index < -0.39 is 27.7 Å². The van der Waals surface area contributed by atoms with Gasteiger partial charge in [0.1, 0.15) is 9.90 Å². The summed E-state index contributed by atoms with van der Waals surface area (Å²) >= 11 is 0.952. The Morgan fingerprint density at radius 3 is 2.44 bits per heavy atom. The molecule has 9 nitrogen and oxygen atoms in total. The molecule has 0 bridgehead atoms. The number of hydrogen-bond donors (Lipinski definition) is 3. The Hall–Kier alpha value is -3.59. The Morgan fingerprint density at radius 1 is 1.08 bits per heavy atom. The van der Waals surface area contributed by atoms with Crippen LogP contribution in [0.25, 0.3) is 27.4 Å². The standard InChI is InChI=1S/C22H18F3N5O4S2/c23-22(24,25)16-3-1-13(2-4-16)18-12-30(29-28-18)17-10-14(9-15(11-17)21(31)32)19-5-6-20(35-19)36(33,34)27-8-7-26/h1-6,9-12,27H,7-8,26H2,(H,31,32). The minimum absolute atomic E-state index is 0.0403. The van der Waals surface area contributed by atoms with Gasteiger partial charge >= 0.3 is 12.1 Å². The quantitative estimate of drug-likeness (QED) is 0.312. The van der Waals surface area contributed by atoms with Crippen molar-refractivity contribution >= 4 is 27.3 Å². The molecule has 0 saturated carbocycles. The maximum Gasteiger partial charge on any atom is 0.416 e. The Bertz CT molecular complexity index is 1510. The summed E-state index contributed by atoms with van der Waals surface area (Å²) in [5.41, 5.74) is 5.89. The largest absolute Gasteiger partial charge is 0.478 e. The van der Waals surface area contributed by atoms with Crippen LogP contribution in [0.15, 0.2) is 65.0 Å². The summed E-state index contributed by atoms with van der Waals surface area (Å²) in [6, 6.07) is 11.7. The van der Waals surface area contributed by atoms with Crippen LogP contribution < -0.4 is 10.5 Å². The molecule has 0 aliphatic carbocycles. The normalized spacial score (nSPS) is 12.1. The van der Waals surface area contributed by atoms with Gasteiger partial charge in [-0.1, -0.05) is 17.3 Å². The van der Waals surface area contributed by atoms with Crippen molar-refractivity contribution in [2.24, 2.45) is 5.73 Å². The molecule has 0 aliphatic heterocycles. The molecule has 0 radical (unpaired) electrons. The van der Waals surface area contributed by atoms with Gasteiger partial charge in [0.25, 0.3) is 0 Å². The maximum atomic E-state index is 12.8. The van der Waals surface area contributed by atoms with E-state index in [1.165, 1.54) is 41.2 Å². The first-order valence-electron chi connectivity index (χ1n) is 10.3. The third kappa shape index (κ3) is 5.46. The second-order valence-electron chi connectivity index (χ2n) is 7.50. The summed E-state index contributed by atoms with van der Waals surface area (Å²) in [6.07, 6.45) is -3.01. The van der Waals surface area contributed by atoms with Crippen molar-refractivity contribution in [1.82, 2.24) is 19.7 Å². The van der Waals surface area contributed by atoms with Crippen molar-refractivity contribution < 1.29 is 31.5 Å². The highest BCUT2D eigenvalue weighted by Gasteiger charge is 2.30. The number of aromatic nitrogens is 3. The number of alkyl halides is 3. The lowest BCUT2D eigenvalue weighted by Gasteiger charge is -2.07. The van der Waals surface area contributed by atoms with Gasteiger partial charge in [0.15, 0.2) is 0 Å². The first-order valence-corrected chi connectivity index (χ1v) is 12.6. The number of halogens is 3. The van der Waals surface area contributed by atoms with Gasteiger partial charge in [0.2, 0.25) is 10.0 Å². The van der Waals surface area contributed by atoms with Crippen molar-refractivity contribution in [3.8, 4) is 27.4 Å². The van der Waals surface area contributed by atoms with Gasteiger partial charge in [-0.25, -0.2) is 22.6 Å². The summed E-state index contributed by atoms with van der Waals surface area (Å²) in [5.74, 6) is -1.21. The molecule has 2 heterocycles. The van der Waals surface area contributed by atoms with E-state index in [9.17, 15) is 31.5 Å². The van der Waals surface area contributed by atoms with Crippen molar-refractivity contribution in [3.63, 3.8) is 0 Å². The number of sulfonamides is 1. The van der Waals surface area contributed by atoms with E-state index in [4.69, 9.17) is 5.73 Å². The third-order valence-corrected chi connectivity index (χ3v) is 8.08. The number of nitrogens with two attached hydrogens (primary N) is 1. The lowest BCUT2D eigenvalue weighted by Crippen LogP contribution is -2.28. The number of benzene rings is 2. The molecule has 0 aliphatic rings. The van der Waals surface area contributed by atoms with Gasteiger partial charge in [-0.2, -0.15) is 13.2 Å². The molecule has 2 aromatic carbocycles. The predicted molar refractivity (Wildman–Crippen MR) is 126 cm³/mol. The second-order valence-corrected chi connectivity index (χ2v) is 10.6. The minimum Gasteiger partial charge on any atom is -0.478 e. The smallest absolute Gasteiger partial charge is 0.416 e. The number of carboxylic acids is 1. The zero-order valence-electron chi connectivity index (χ0n) is 18.2. The highest BCUT2D eigenvalue weighted by atomic mass is 32.2. The molecule has 4 aromatic rings. The Balaban J connectivity index is 1.69. The average molecular weight is 538 g/mol. The number of thiophene rings is 1. The number of nitrogens with zero attached hydrogens (tertiary/aromatic N) is 3. The number of hydrogen-bond acceptors (Lipinski definition) is 7. The fourth-order valence-electron chi connectivity index (χ4n) is 3.25. The van der Waals surface area contributed by atoms with Crippen LogP contribution in [-0.2, 0) is 16.2 Å². The molecule has 0 amide bonds. The van der Waals surface area contributed by atoms with Gasteiger partial charge < -0.3 is 10.8 Å². The summed E-state index contributed by atoms with van der Waals surface area (Å²) in [7, 11) is -3.76. The van der Waals surface area contributed by atoms with Gasteiger partial charge in [0.05, 0.1) is 23.0 Å². The molecular weight excluding hydrogens is 519 g/mol. The minimum atomic E-state index is -4.47. The van der Waals surface area contributed by atoms with Gasteiger partial charge in [-0.15, -0.1) is 16.4 Å². The Kier molecular flexibility index (Phi) is 6.95. The molecule has 14 heteroatoms. The number of carboxylic acid groups (broad SMARTS) is 1. The van der Waals surface area contributed by atoms with E-state index in [-0.39, 0.29) is 28.6 Å².